The van der Waals surface area contributed by atoms with Crippen molar-refractivity contribution in [2.45, 2.75) is 57.2 Å². The van der Waals surface area contributed by atoms with Crippen molar-refractivity contribution in [3.63, 3.8) is 0 Å². The molecule has 2 aliphatic heterocycles. The third-order valence-electron chi connectivity index (χ3n) is 4.70. The zero-order valence-corrected chi connectivity index (χ0v) is 13.8. The third kappa shape index (κ3) is 4.23. The van der Waals surface area contributed by atoms with Crippen LogP contribution in [0.3, 0.4) is 0 Å². The number of amides is 1. The lowest BCUT2D eigenvalue weighted by molar-refractivity contribution is -0.126. The fraction of sp³-hybridized carbons (Fsp3) is 0.929. The Morgan fingerprint density at radius 2 is 1.80 bits per heavy atom. The Morgan fingerprint density at radius 1 is 1.15 bits per heavy atom. The van der Waals surface area contributed by atoms with E-state index in [-0.39, 0.29) is 30.7 Å². The lowest BCUT2D eigenvalue weighted by atomic mass is 9.97. The molecule has 2 N–H and O–H groups in total. The summed E-state index contributed by atoms with van der Waals surface area (Å²) < 4.78 is 0. The van der Waals surface area contributed by atoms with Crippen LogP contribution >= 0.6 is 24.8 Å². The van der Waals surface area contributed by atoms with Crippen molar-refractivity contribution in [3.8, 4) is 0 Å². The first-order valence-electron chi connectivity index (χ1n) is 7.51. The molecule has 0 spiro atoms. The highest BCUT2D eigenvalue weighted by Gasteiger charge is 2.39. The Kier molecular flexibility index (Phi) is 7.06. The zero-order chi connectivity index (χ0) is 12.5. The van der Waals surface area contributed by atoms with Crippen LogP contribution in [0.1, 0.15) is 39.0 Å². The van der Waals surface area contributed by atoms with Gasteiger partial charge in [0.2, 0.25) is 5.91 Å². The number of nitrogens with zero attached hydrogens (tertiary/aromatic N) is 1. The number of hydrogen-bond donors (Lipinski definition) is 2. The van der Waals surface area contributed by atoms with E-state index in [4.69, 9.17) is 0 Å². The summed E-state index contributed by atoms with van der Waals surface area (Å²) in [4.78, 5) is 14.8. The number of hydrogen-bond acceptors (Lipinski definition) is 3. The number of likely N-dealkylation sites (tertiary alicyclic amines) is 1. The van der Waals surface area contributed by atoms with Gasteiger partial charge in [-0.25, -0.2) is 0 Å². The van der Waals surface area contributed by atoms with E-state index in [9.17, 15) is 4.79 Å². The molecule has 0 aromatic carbocycles. The first-order valence-corrected chi connectivity index (χ1v) is 7.51. The van der Waals surface area contributed by atoms with Crippen LogP contribution in [-0.2, 0) is 4.79 Å². The number of carbonyl (C=O) groups is 1. The van der Waals surface area contributed by atoms with Crippen LogP contribution in [0, 0.1) is 5.92 Å². The fourth-order valence-electron chi connectivity index (χ4n) is 3.48. The summed E-state index contributed by atoms with van der Waals surface area (Å²) in [6.07, 6.45) is 5.85. The van der Waals surface area contributed by atoms with Gasteiger partial charge in [0.15, 0.2) is 0 Å². The normalized spacial score (nSPS) is 31.2. The van der Waals surface area contributed by atoms with Gasteiger partial charge in [0, 0.05) is 30.6 Å². The lowest BCUT2D eigenvalue weighted by Crippen LogP contribution is -2.43. The van der Waals surface area contributed by atoms with Crippen molar-refractivity contribution in [1.29, 1.82) is 0 Å². The maximum atomic E-state index is 12.2. The summed E-state index contributed by atoms with van der Waals surface area (Å²) in [6, 6.07) is 1.86. The summed E-state index contributed by atoms with van der Waals surface area (Å²) in [5, 5.41) is 6.60. The average Bonchev–Trinajstić information content (AvgIpc) is 3.15. The third-order valence-corrected chi connectivity index (χ3v) is 4.70. The molecule has 3 aliphatic rings. The van der Waals surface area contributed by atoms with E-state index in [2.05, 4.69) is 22.5 Å². The molecule has 4 nitrogen and oxygen atoms in total. The van der Waals surface area contributed by atoms with Gasteiger partial charge >= 0.3 is 0 Å². The first kappa shape index (κ1) is 18.0. The van der Waals surface area contributed by atoms with Gasteiger partial charge in [0.25, 0.3) is 0 Å². The molecule has 2 atom stereocenters. The molecule has 20 heavy (non-hydrogen) atoms. The average molecular weight is 324 g/mol. The van der Waals surface area contributed by atoms with E-state index in [1.165, 1.54) is 12.8 Å². The Balaban J connectivity index is 0.000001000. The van der Waals surface area contributed by atoms with Crippen LogP contribution in [0.25, 0.3) is 0 Å². The molecule has 3 rings (SSSR count). The van der Waals surface area contributed by atoms with Crippen molar-refractivity contribution < 1.29 is 4.79 Å². The Morgan fingerprint density at radius 3 is 2.40 bits per heavy atom. The van der Waals surface area contributed by atoms with Crippen molar-refractivity contribution in [1.82, 2.24) is 15.5 Å². The van der Waals surface area contributed by atoms with Gasteiger partial charge < -0.3 is 10.6 Å². The standard InChI is InChI=1S/C14H25N3O.2ClH/c1-10-8-12(9-17(10)13-2-3-13)16-14(18)11-4-6-15-7-5-11;;/h10-13,15H,2-9H2,1H3,(H,16,18);2*1H. The molecule has 2 saturated heterocycles. The number of halogens is 2. The molecule has 1 amide bonds. The smallest absolute Gasteiger partial charge is 0.223 e. The van der Waals surface area contributed by atoms with E-state index >= 15 is 0 Å². The molecule has 0 aromatic rings. The molecule has 0 aromatic heterocycles. The Labute approximate surface area is 134 Å². The molecule has 2 unspecified atom stereocenters. The predicted octanol–water partition coefficient (Wildman–Crippen LogP) is 1.57. The van der Waals surface area contributed by atoms with Gasteiger partial charge in [-0.1, -0.05) is 0 Å². The monoisotopic (exact) mass is 323 g/mol. The summed E-state index contributed by atoms with van der Waals surface area (Å²) in [7, 11) is 0. The molecule has 118 valence electrons. The van der Waals surface area contributed by atoms with Crippen LogP contribution in [-0.4, -0.2) is 48.6 Å². The first-order chi connectivity index (χ1) is 8.74. The number of rotatable bonds is 3. The second-order valence-corrected chi connectivity index (χ2v) is 6.24. The molecule has 1 aliphatic carbocycles. The molecule has 6 heteroatoms. The van der Waals surface area contributed by atoms with Gasteiger partial charge in [0.1, 0.15) is 0 Å². The van der Waals surface area contributed by atoms with Crippen molar-refractivity contribution in [2.24, 2.45) is 5.92 Å². The maximum absolute atomic E-state index is 12.2. The fourth-order valence-corrected chi connectivity index (χ4v) is 3.48. The summed E-state index contributed by atoms with van der Waals surface area (Å²) in [6.45, 7) is 5.36. The van der Waals surface area contributed by atoms with Gasteiger partial charge in [-0.3, -0.25) is 9.69 Å². The molecule has 0 bridgehead atoms. The highest BCUT2D eigenvalue weighted by atomic mass is 35.5. The minimum absolute atomic E-state index is 0. The minimum Gasteiger partial charge on any atom is -0.352 e. The van der Waals surface area contributed by atoms with E-state index < -0.39 is 0 Å². The summed E-state index contributed by atoms with van der Waals surface area (Å²) in [5.41, 5.74) is 0. The summed E-state index contributed by atoms with van der Waals surface area (Å²) in [5.74, 6) is 0.544. The van der Waals surface area contributed by atoms with Crippen LogP contribution in [0.5, 0.6) is 0 Å². The highest BCUT2D eigenvalue weighted by Crippen LogP contribution is 2.33. The van der Waals surface area contributed by atoms with Gasteiger partial charge in [-0.2, -0.15) is 0 Å². The van der Waals surface area contributed by atoms with Crippen molar-refractivity contribution >= 4 is 30.7 Å². The minimum atomic E-state index is 0. The van der Waals surface area contributed by atoms with Crippen LogP contribution < -0.4 is 10.6 Å². The highest BCUT2D eigenvalue weighted by molar-refractivity contribution is 5.85. The predicted molar refractivity (Wildman–Crippen MR) is 85.8 cm³/mol. The molecule has 0 radical (unpaired) electrons. The molecule has 2 heterocycles. The largest absolute Gasteiger partial charge is 0.352 e. The quantitative estimate of drug-likeness (QED) is 0.828. The van der Waals surface area contributed by atoms with E-state index in [1.807, 2.05) is 0 Å². The van der Waals surface area contributed by atoms with E-state index in [0.29, 0.717) is 18.0 Å². The topological polar surface area (TPSA) is 44.4 Å². The summed E-state index contributed by atoms with van der Waals surface area (Å²) >= 11 is 0. The lowest BCUT2D eigenvalue weighted by Gasteiger charge is -2.24. The molecule has 1 saturated carbocycles. The van der Waals surface area contributed by atoms with Crippen molar-refractivity contribution in [3.05, 3.63) is 0 Å². The van der Waals surface area contributed by atoms with Crippen LogP contribution in [0.2, 0.25) is 0 Å². The number of nitrogens with one attached hydrogen (secondary N) is 2. The second-order valence-electron chi connectivity index (χ2n) is 6.24. The van der Waals surface area contributed by atoms with Crippen molar-refractivity contribution in [2.75, 3.05) is 19.6 Å². The molecular formula is C14H27Cl2N3O. The Hall–Kier alpha value is -0.0300. The van der Waals surface area contributed by atoms with Gasteiger partial charge in [-0.15, -0.1) is 24.8 Å². The maximum Gasteiger partial charge on any atom is 0.223 e. The van der Waals surface area contributed by atoms with E-state index in [1.54, 1.807) is 0 Å². The van der Waals surface area contributed by atoms with Gasteiger partial charge in [0.05, 0.1) is 0 Å². The Bertz CT molecular complexity index is 320. The molecular weight excluding hydrogens is 297 g/mol. The van der Waals surface area contributed by atoms with Crippen LogP contribution in [0.4, 0.5) is 0 Å². The SMILES string of the molecule is CC1CC(NC(=O)C2CCNCC2)CN1C1CC1.Cl.Cl. The molecule has 3 fully saturated rings. The van der Waals surface area contributed by atoms with Crippen LogP contribution in [0.15, 0.2) is 0 Å². The number of piperidine rings is 1. The zero-order valence-electron chi connectivity index (χ0n) is 12.1. The number of carbonyl (C=O) groups excluding carboxylic acids is 1. The second kappa shape index (κ2) is 7.83. The van der Waals surface area contributed by atoms with E-state index in [0.717, 1.165) is 44.9 Å². The van der Waals surface area contributed by atoms with Gasteiger partial charge in [-0.05, 0) is 52.1 Å².